The molecule has 1 saturated heterocycles. The fraction of sp³-hybridized carbons (Fsp3) is 0.577. The van der Waals surface area contributed by atoms with Crippen LogP contribution in [0, 0.1) is 5.92 Å². The van der Waals surface area contributed by atoms with Gasteiger partial charge in [0.15, 0.2) is 0 Å². The maximum atomic E-state index is 12.0. The Kier molecular flexibility index (Phi) is 6.93. The number of hydrogen-bond donors (Lipinski definition) is 1. The first-order chi connectivity index (χ1) is 14.6. The van der Waals surface area contributed by atoms with Gasteiger partial charge < -0.3 is 9.73 Å². The molecule has 0 spiro atoms. The summed E-state index contributed by atoms with van der Waals surface area (Å²) in [4.78, 5) is 14.7. The van der Waals surface area contributed by atoms with E-state index in [-0.39, 0.29) is 5.91 Å². The summed E-state index contributed by atoms with van der Waals surface area (Å²) in [6, 6.07) is 9.41. The summed E-state index contributed by atoms with van der Waals surface area (Å²) in [6.45, 7) is 6.30. The van der Waals surface area contributed by atoms with E-state index in [9.17, 15) is 4.79 Å². The molecule has 1 saturated carbocycles. The molecule has 0 aromatic rings. The molecular formula is C26H36N2O2. The molecule has 0 aromatic heterocycles. The third-order valence-electron chi connectivity index (χ3n) is 6.89. The number of likely N-dealkylation sites (tertiary alicyclic amines) is 1. The Hall–Kier alpha value is -2.07. The van der Waals surface area contributed by atoms with Crippen LogP contribution in [-0.4, -0.2) is 29.9 Å². The Morgan fingerprint density at radius 2 is 2.00 bits per heavy atom. The largest absolute Gasteiger partial charge is 0.464 e. The van der Waals surface area contributed by atoms with E-state index in [0.29, 0.717) is 12.1 Å². The quantitative estimate of drug-likeness (QED) is 0.601. The molecule has 2 aliphatic heterocycles. The van der Waals surface area contributed by atoms with Crippen LogP contribution in [0.25, 0.3) is 11.3 Å². The van der Waals surface area contributed by atoms with Crippen LogP contribution in [-0.2, 0) is 4.79 Å². The number of fused-ring (bicyclic) bond motifs is 1. The standard InChI is InChI=1S/C26H36N2O2/c1-19(2)16-26(29)27-23-11-9-20(10-12-23)13-15-28-14-4-3-7-24(28)22-17-21-6-5-8-25(21)30-18-22/h5-6,8,16-18,20,23-24H,3-4,7,9-15H2,1-2H3,(H,27,29). The summed E-state index contributed by atoms with van der Waals surface area (Å²) < 4.78 is 5.88. The minimum absolute atomic E-state index is 0.0711. The van der Waals surface area contributed by atoms with Crippen LogP contribution in [0.4, 0.5) is 0 Å². The molecule has 0 radical (unpaired) electrons. The van der Waals surface area contributed by atoms with Gasteiger partial charge in [0.25, 0.3) is 0 Å². The van der Waals surface area contributed by atoms with Crippen LogP contribution in [0.15, 0.2) is 46.6 Å². The monoisotopic (exact) mass is 408 g/mol. The second-order valence-corrected chi connectivity index (χ2v) is 9.51. The van der Waals surface area contributed by atoms with Gasteiger partial charge in [-0.15, -0.1) is 0 Å². The number of hydrogen-bond acceptors (Lipinski definition) is 3. The van der Waals surface area contributed by atoms with E-state index >= 15 is 0 Å². The Labute approximate surface area is 181 Å². The molecule has 0 bridgehead atoms. The number of carbonyl (C=O) groups is 1. The number of carbonyl (C=O) groups excluding carboxylic acids is 1. The molecule has 1 N–H and O–H groups in total. The van der Waals surface area contributed by atoms with E-state index in [1.807, 2.05) is 26.2 Å². The molecule has 1 unspecified atom stereocenters. The second kappa shape index (κ2) is 9.82. The predicted molar refractivity (Wildman–Crippen MR) is 121 cm³/mol. The van der Waals surface area contributed by atoms with Crippen molar-refractivity contribution in [2.24, 2.45) is 5.92 Å². The first-order valence-electron chi connectivity index (χ1n) is 11.7. The SMILES string of the molecule is CC(C)=CC(=O)NC1CCC(CCN2CCCCC2c2coc3cccc-3c2)CC1. The highest BCUT2D eigenvalue weighted by molar-refractivity contribution is 5.88. The van der Waals surface area contributed by atoms with Crippen LogP contribution < -0.4 is 5.32 Å². The molecule has 4 heteroatoms. The molecule has 2 heterocycles. The highest BCUT2D eigenvalue weighted by atomic mass is 16.3. The van der Waals surface area contributed by atoms with Crippen LogP contribution in [0.1, 0.15) is 76.8 Å². The molecule has 4 nitrogen and oxygen atoms in total. The maximum Gasteiger partial charge on any atom is 0.244 e. The summed E-state index contributed by atoms with van der Waals surface area (Å²) in [7, 11) is 0. The van der Waals surface area contributed by atoms with Crippen LogP contribution in [0.5, 0.6) is 0 Å². The van der Waals surface area contributed by atoms with Crippen LogP contribution in [0.2, 0.25) is 0 Å². The molecule has 4 rings (SSSR count). The van der Waals surface area contributed by atoms with E-state index < -0.39 is 0 Å². The highest BCUT2D eigenvalue weighted by Gasteiger charge is 2.27. The lowest BCUT2D eigenvalue weighted by molar-refractivity contribution is -0.117. The van der Waals surface area contributed by atoms with Crippen molar-refractivity contribution in [2.75, 3.05) is 13.1 Å². The lowest BCUT2D eigenvalue weighted by Crippen LogP contribution is -2.38. The predicted octanol–water partition coefficient (Wildman–Crippen LogP) is 5.94. The summed E-state index contributed by atoms with van der Waals surface area (Å²) >= 11 is 0. The first kappa shape index (κ1) is 21.2. The average molecular weight is 409 g/mol. The molecule has 30 heavy (non-hydrogen) atoms. The van der Waals surface area contributed by atoms with Crippen LogP contribution >= 0.6 is 0 Å². The second-order valence-electron chi connectivity index (χ2n) is 9.51. The van der Waals surface area contributed by atoms with Crippen LogP contribution in [0.3, 0.4) is 0 Å². The van der Waals surface area contributed by atoms with Gasteiger partial charge in [-0.2, -0.15) is 0 Å². The van der Waals surface area contributed by atoms with E-state index in [2.05, 4.69) is 28.4 Å². The zero-order valence-electron chi connectivity index (χ0n) is 18.5. The van der Waals surface area contributed by atoms with Crippen molar-refractivity contribution in [3.63, 3.8) is 0 Å². The summed E-state index contributed by atoms with van der Waals surface area (Å²) in [5, 5.41) is 3.18. The fourth-order valence-corrected chi connectivity index (χ4v) is 5.25. The van der Waals surface area contributed by atoms with E-state index in [1.165, 1.54) is 62.7 Å². The van der Waals surface area contributed by atoms with Crippen molar-refractivity contribution >= 4 is 5.91 Å². The van der Waals surface area contributed by atoms with Crippen molar-refractivity contribution in [1.82, 2.24) is 10.2 Å². The number of nitrogens with zero attached hydrogens (tertiary/aromatic N) is 1. The Morgan fingerprint density at radius 1 is 1.17 bits per heavy atom. The van der Waals surface area contributed by atoms with Gasteiger partial charge in [0.1, 0.15) is 5.76 Å². The topological polar surface area (TPSA) is 45.5 Å². The highest BCUT2D eigenvalue weighted by Crippen LogP contribution is 2.36. The van der Waals surface area contributed by atoms with Gasteiger partial charge in [0.2, 0.25) is 5.91 Å². The van der Waals surface area contributed by atoms with E-state index in [1.54, 1.807) is 6.08 Å². The van der Waals surface area contributed by atoms with E-state index in [4.69, 9.17) is 4.42 Å². The normalized spacial score (nSPS) is 25.2. The molecule has 4 aliphatic rings. The first-order valence-corrected chi connectivity index (χ1v) is 11.7. The van der Waals surface area contributed by atoms with Gasteiger partial charge in [-0.3, -0.25) is 9.69 Å². The molecule has 1 amide bonds. The average Bonchev–Trinajstić information content (AvgIpc) is 3.21. The zero-order valence-corrected chi connectivity index (χ0v) is 18.5. The molecule has 1 atom stereocenters. The molecular weight excluding hydrogens is 372 g/mol. The van der Waals surface area contributed by atoms with Gasteiger partial charge >= 0.3 is 0 Å². The molecule has 162 valence electrons. The number of nitrogens with one attached hydrogen (secondary N) is 1. The van der Waals surface area contributed by atoms with Crippen molar-refractivity contribution in [3.8, 4) is 11.3 Å². The molecule has 2 aliphatic carbocycles. The maximum absolute atomic E-state index is 12.0. The Balaban J connectivity index is 1.28. The third-order valence-corrected chi connectivity index (χ3v) is 6.89. The fourth-order valence-electron chi connectivity index (χ4n) is 5.25. The zero-order chi connectivity index (χ0) is 20.9. The van der Waals surface area contributed by atoms with Gasteiger partial charge in [-0.25, -0.2) is 0 Å². The summed E-state index contributed by atoms with van der Waals surface area (Å²) in [5.74, 6) is 1.84. The third kappa shape index (κ3) is 5.34. The van der Waals surface area contributed by atoms with Crippen molar-refractivity contribution in [3.05, 3.63) is 47.7 Å². The minimum Gasteiger partial charge on any atom is -0.464 e. The van der Waals surface area contributed by atoms with E-state index in [0.717, 1.165) is 30.1 Å². The minimum atomic E-state index is 0.0711. The number of amides is 1. The molecule has 0 aromatic carbocycles. The van der Waals surface area contributed by atoms with Crippen molar-refractivity contribution < 1.29 is 9.21 Å². The van der Waals surface area contributed by atoms with Gasteiger partial charge in [-0.1, -0.05) is 24.1 Å². The van der Waals surface area contributed by atoms with Crippen molar-refractivity contribution in [2.45, 2.75) is 77.3 Å². The Bertz CT molecular complexity index is 827. The van der Waals surface area contributed by atoms with Crippen molar-refractivity contribution in [1.29, 1.82) is 0 Å². The van der Waals surface area contributed by atoms with Gasteiger partial charge in [-0.05, 0) is 89.9 Å². The Morgan fingerprint density at radius 3 is 2.80 bits per heavy atom. The summed E-state index contributed by atoms with van der Waals surface area (Å²) in [6.07, 6.45) is 13.5. The molecule has 2 fully saturated rings. The summed E-state index contributed by atoms with van der Waals surface area (Å²) in [5.41, 5.74) is 3.60. The smallest absolute Gasteiger partial charge is 0.244 e. The number of piperidine rings is 1. The van der Waals surface area contributed by atoms with Gasteiger partial charge in [0.05, 0.1) is 6.26 Å². The lowest BCUT2D eigenvalue weighted by Gasteiger charge is -2.37. The lowest BCUT2D eigenvalue weighted by atomic mass is 9.83. The number of rotatable bonds is 6. The van der Waals surface area contributed by atoms with Gasteiger partial charge in [0, 0.05) is 29.3 Å². The number of allylic oxidation sites excluding steroid dienone is 1.